The van der Waals surface area contributed by atoms with Gasteiger partial charge in [-0.1, -0.05) is 0 Å². The average molecular weight is 292 g/mol. The first-order chi connectivity index (χ1) is 9.10. The van der Waals surface area contributed by atoms with Crippen molar-refractivity contribution in [2.75, 3.05) is 7.11 Å². The minimum absolute atomic E-state index is 0.263. The van der Waals surface area contributed by atoms with E-state index in [1.54, 1.807) is 13.0 Å². The van der Waals surface area contributed by atoms with Crippen molar-refractivity contribution in [2.45, 2.75) is 32.1 Å². The summed E-state index contributed by atoms with van der Waals surface area (Å²) in [5.41, 5.74) is -2.21. The van der Waals surface area contributed by atoms with Gasteiger partial charge >= 0.3 is 12.1 Å². The van der Waals surface area contributed by atoms with Crippen LogP contribution in [-0.4, -0.2) is 34.9 Å². The second kappa shape index (κ2) is 5.66. The highest BCUT2D eigenvalue weighted by Crippen LogP contribution is 2.30. The molecule has 0 bridgehead atoms. The molecule has 5 nitrogen and oxygen atoms in total. The van der Waals surface area contributed by atoms with Crippen molar-refractivity contribution in [2.24, 2.45) is 0 Å². The zero-order valence-electron chi connectivity index (χ0n) is 11.2. The summed E-state index contributed by atoms with van der Waals surface area (Å²) in [6.45, 7) is 1.88. The van der Waals surface area contributed by atoms with Crippen LogP contribution in [-0.2, 0) is 11.3 Å². The Labute approximate surface area is 113 Å². The van der Waals surface area contributed by atoms with E-state index in [1.807, 2.05) is 5.32 Å². The Morgan fingerprint density at radius 1 is 1.45 bits per heavy atom. The van der Waals surface area contributed by atoms with Crippen LogP contribution < -0.4 is 10.1 Å². The van der Waals surface area contributed by atoms with E-state index in [1.165, 1.54) is 13.2 Å². The number of hydrogen-bond donors (Lipinski definition) is 2. The predicted octanol–water partition coefficient (Wildman–Crippen LogP) is 1.89. The maximum absolute atomic E-state index is 12.8. The lowest BCUT2D eigenvalue weighted by molar-refractivity contribution is -0.206. The second-order valence-corrected chi connectivity index (χ2v) is 4.42. The summed E-state index contributed by atoms with van der Waals surface area (Å²) in [7, 11) is 1.42. The summed E-state index contributed by atoms with van der Waals surface area (Å²) in [6, 6.07) is 3.06. The number of hydrogen-bond acceptors (Lipinski definition) is 4. The maximum atomic E-state index is 12.8. The molecular formula is C12H15F3N2O3. The van der Waals surface area contributed by atoms with Crippen LogP contribution in [0.2, 0.25) is 0 Å². The van der Waals surface area contributed by atoms with Crippen molar-refractivity contribution in [1.29, 1.82) is 0 Å². The van der Waals surface area contributed by atoms with Crippen LogP contribution in [0, 0.1) is 6.92 Å². The number of pyridine rings is 1. The predicted molar refractivity (Wildman–Crippen MR) is 64.5 cm³/mol. The quantitative estimate of drug-likeness (QED) is 0.867. The molecule has 1 unspecified atom stereocenters. The first-order valence-electron chi connectivity index (χ1n) is 5.67. The Morgan fingerprint density at radius 3 is 2.50 bits per heavy atom. The van der Waals surface area contributed by atoms with Gasteiger partial charge in [0.1, 0.15) is 5.75 Å². The van der Waals surface area contributed by atoms with Gasteiger partial charge in [-0.2, -0.15) is 13.2 Å². The van der Waals surface area contributed by atoms with Crippen LogP contribution in [0.4, 0.5) is 13.2 Å². The second-order valence-electron chi connectivity index (χ2n) is 4.42. The van der Waals surface area contributed by atoms with Crippen molar-refractivity contribution in [1.82, 2.24) is 10.3 Å². The molecule has 0 aliphatic heterocycles. The molecule has 0 aromatic carbocycles. The molecule has 1 aromatic heterocycles. The number of alkyl halides is 3. The number of carboxylic acids is 1. The van der Waals surface area contributed by atoms with Gasteiger partial charge in [-0.25, -0.2) is 4.79 Å². The van der Waals surface area contributed by atoms with Crippen molar-refractivity contribution < 1.29 is 27.8 Å². The molecule has 0 spiro atoms. The fourth-order valence-electron chi connectivity index (χ4n) is 1.48. The number of aromatic nitrogens is 1. The molecule has 0 saturated heterocycles. The molecule has 1 heterocycles. The lowest BCUT2D eigenvalue weighted by Gasteiger charge is -2.28. The Bertz CT molecular complexity index is 505. The van der Waals surface area contributed by atoms with Crippen molar-refractivity contribution in [3.8, 4) is 5.75 Å². The molecule has 1 atom stereocenters. The summed E-state index contributed by atoms with van der Waals surface area (Å²) >= 11 is 0. The van der Waals surface area contributed by atoms with E-state index in [2.05, 4.69) is 4.98 Å². The van der Waals surface area contributed by atoms with Gasteiger partial charge in [0.25, 0.3) is 0 Å². The van der Waals surface area contributed by atoms with Gasteiger partial charge in [0.2, 0.25) is 5.54 Å². The molecular weight excluding hydrogens is 277 g/mol. The van der Waals surface area contributed by atoms with E-state index in [4.69, 9.17) is 9.84 Å². The molecule has 112 valence electrons. The topological polar surface area (TPSA) is 71.5 Å². The number of nitrogens with zero attached hydrogens (tertiary/aromatic N) is 1. The third-order valence-electron chi connectivity index (χ3n) is 2.83. The average Bonchev–Trinajstić information content (AvgIpc) is 2.33. The lowest BCUT2D eigenvalue weighted by atomic mass is 10.0. The first kappa shape index (κ1) is 16.2. The third kappa shape index (κ3) is 3.38. The lowest BCUT2D eigenvalue weighted by Crippen LogP contribution is -2.59. The fraction of sp³-hybridized carbons (Fsp3) is 0.500. The van der Waals surface area contributed by atoms with E-state index < -0.39 is 17.7 Å². The van der Waals surface area contributed by atoms with Crippen molar-refractivity contribution in [3.63, 3.8) is 0 Å². The van der Waals surface area contributed by atoms with E-state index in [0.29, 0.717) is 18.4 Å². The number of ether oxygens (including phenoxy) is 1. The van der Waals surface area contributed by atoms with Crippen LogP contribution in [0.15, 0.2) is 12.1 Å². The number of aliphatic carboxylic acids is 1. The van der Waals surface area contributed by atoms with E-state index in [-0.39, 0.29) is 12.2 Å². The highest BCUT2D eigenvalue weighted by molar-refractivity contribution is 5.79. The normalized spacial score (nSPS) is 14.7. The van der Waals surface area contributed by atoms with Gasteiger partial charge in [0.15, 0.2) is 0 Å². The SMILES string of the molecule is COc1cc(C)nc(CNC(C)(C(=O)O)C(F)(F)F)c1. The molecule has 0 aliphatic carbocycles. The van der Waals surface area contributed by atoms with Crippen LogP contribution in [0.1, 0.15) is 18.3 Å². The number of carbonyl (C=O) groups is 1. The number of halogens is 3. The van der Waals surface area contributed by atoms with E-state index in [0.717, 1.165) is 0 Å². The van der Waals surface area contributed by atoms with Gasteiger partial charge in [0.05, 0.1) is 12.8 Å². The van der Waals surface area contributed by atoms with Gasteiger partial charge in [0, 0.05) is 24.4 Å². The number of methoxy groups -OCH3 is 1. The monoisotopic (exact) mass is 292 g/mol. The van der Waals surface area contributed by atoms with Crippen molar-refractivity contribution in [3.05, 3.63) is 23.5 Å². The van der Waals surface area contributed by atoms with Crippen molar-refractivity contribution >= 4 is 5.97 Å². The van der Waals surface area contributed by atoms with Gasteiger partial charge in [-0.3, -0.25) is 10.3 Å². The summed E-state index contributed by atoms with van der Waals surface area (Å²) in [5.74, 6) is -1.55. The smallest absolute Gasteiger partial charge is 0.417 e. The first-order valence-corrected chi connectivity index (χ1v) is 5.67. The van der Waals surface area contributed by atoms with Crippen LogP contribution in [0.25, 0.3) is 0 Å². The highest BCUT2D eigenvalue weighted by Gasteiger charge is 2.57. The van der Waals surface area contributed by atoms with Gasteiger partial charge in [-0.05, 0) is 13.8 Å². The number of aryl methyl sites for hydroxylation is 1. The highest BCUT2D eigenvalue weighted by atomic mass is 19.4. The van der Waals surface area contributed by atoms with E-state index >= 15 is 0 Å². The molecule has 8 heteroatoms. The molecule has 2 N–H and O–H groups in total. The Balaban J connectivity index is 2.94. The Kier molecular flexibility index (Phi) is 4.59. The standard InChI is InChI=1S/C12H15F3N2O3/c1-7-4-9(20-3)5-8(17-7)6-16-11(2,10(18)19)12(13,14)15/h4-5,16H,6H2,1-3H3,(H,18,19). The summed E-state index contributed by atoms with van der Waals surface area (Å²) in [4.78, 5) is 14.9. The third-order valence-corrected chi connectivity index (χ3v) is 2.83. The molecule has 1 aromatic rings. The zero-order chi connectivity index (χ0) is 15.6. The molecule has 20 heavy (non-hydrogen) atoms. The summed E-state index contributed by atoms with van der Waals surface area (Å²) in [6.07, 6.45) is -4.92. The Morgan fingerprint density at radius 2 is 2.05 bits per heavy atom. The van der Waals surface area contributed by atoms with E-state index in [9.17, 15) is 18.0 Å². The van der Waals surface area contributed by atoms with Crippen LogP contribution >= 0.6 is 0 Å². The van der Waals surface area contributed by atoms with Crippen LogP contribution in [0.5, 0.6) is 5.75 Å². The number of rotatable bonds is 5. The molecule has 0 saturated carbocycles. The Hall–Kier alpha value is -1.83. The molecule has 0 aliphatic rings. The minimum atomic E-state index is -4.92. The fourth-order valence-corrected chi connectivity index (χ4v) is 1.48. The van der Waals surface area contributed by atoms with Gasteiger partial charge < -0.3 is 9.84 Å². The number of nitrogens with one attached hydrogen (secondary N) is 1. The van der Waals surface area contributed by atoms with Crippen LogP contribution in [0.3, 0.4) is 0 Å². The minimum Gasteiger partial charge on any atom is -0.497 e. The summed E-state index contributed by atoms with van der Waals surface area (Å²) < 4.78 is 43.4. The van der Waals surface area contributed by atoms with Gasteiger partial charge in [-0.15, -0.1) is 0 Å². The largest absolute Gasteiger partial charge is 0.497 e. The molecule has 0 fully saturated rings. The maximum Gasteiger partial charge on any atom is 0.417 e. The zero-order valence-corrected chi connectivity index (χ0v) is 11.2. The summed E-state index contributed by atoms with van der Waals surface area (Å²) in [5, 5.41) is 10.8. The molecule has 0 radical (unpaired) electrons. The number of carboxylic acid groups (broad SMARTS) is 1. The molecule has 1 rings (SSSR count). The molecule has 0 amide bonds.